The Morgan fingerprint density at radius 1 is 0.903 bits per heavy atom. The third-order valence-electron chi connectivity index (χ3n) is 5.12. The quantitative estimate of drug-likeness (QED) is 0.627. The van der Waals surface area contributed by atoms with Gasteiger partial charge in [0.15, 0.2) is 0 Å². The van der Waals surface area contributed by atoms with E-state index in [4.69, 9.17) is 0 Å². The molecule has 0 saturated carbocycles. The molecule has 3 aromatic rings. The normalized spacial score (nSPS) is 13.9. The molecule has 1 N–H and O–H groups in total. The number of hydrogen-bond donors (Lipinski definition) is 1. The van der Waals surface area contributed by atoms with Crippen molar-refractivity contribution in [3.63, 3.8) is 0 Å². The molecule has 0 bridgehead atoms. The Morgan fingerprint density at radius 2 is 1.65 bits per heavy atom. The van der Waals surface area contributed by atoms with Gasteiger partial charge in [-0.2, -0.15) is 0 Å². The van der Waals surface area contributed by atoms with Gasteiger partial charge in [0.25, 0.3) is 5.91 Å². The molecule has 0 aliphatic carbocycles. The average molecular weight is 421 g/mol. The second-order valence-corrected chi connectivity index (χ2v) is 7.35. The van der Waals surface area contributed by atoms with Crippen LogP contribution in [0.15, 0.2) is 72.8 Å². The molecule has 4 rings (SSSR count). The first-order valence-electron chi connectivity index (χ1n) is 9.97. The largest absolute Gasteiger partial charge is 0.324 e. The monoisotopic (exact) mass is 421 g/mol. The van der Waals surface area contributed by atoms with E-state index in [0.717, 1.165) is 12.0 Å². The average Bonchev–Trinajstić information content (AvgIpc) is 2.77. The molecular formula is C24H21F2N3O2. The van der Waals surface area contributed by atoms with Gasteiger partial charge in [-0.3, -0.25) is 9.69 Å². The lowest BCUT2D eigenvalue weighted by Gasteiger charge is -2.35. The maximum atomic E-state index is 13.3. The molecule has 1 heterocycles. The van der Waals surface area contributed by atoms with Gasteiger partial charge in [0.05, 0.1) is 0 Å². The van der Waals surface area contributed by atoms with E-state index in [1.807, 2.05) is 0 Å². The lowest BCUT2D eigenvalue weighted by molar-refractivity contribution is 0.102. The summed E-state index contributed by atoms with van der Waals surface area (Å²) in [6.07, 6.45) is 0.800. The van der Waals surface area contributed by atoms with Gasteiger partial charge in [0.1, 0.15) is 11.6 Å². The van der Waals surface area contributed by atoms with Gasteiger partial charge in [0, 0.05) is 36.6 Å². The van der Waals surface area contributed by atoms with Crippen molar-refractivity contribution in [1.82, 2.24) is 4.90 Å². The third kappa shape index (κ3) is 4.88. The first-order valence-corrected chi connectivity index (χ1v) is 9.97. The minimum atomic E-state index is -0.429. The predicted molar refractivity (Wildman–Crippen MR) is 115 cm³/mol. The summed E-state index contributed by atoms with van der Waals surface area (Å²) >= 11 is 0. The number of carbonyl (C=O) groups is 2. The summed E-state index contributed by atoms with van der Waals surface area (Å²) in [4.78, 5) is 28.8. The molecule has 0 atom stereocenters. The molecule has 1 saturated heterocycles. The summed E-state index contributed by atoms with van der Waals surface area (Å²) in [7, 11) is 0. The summed E-state index contributed by atoms with van der Waals surface area (Å²) in [6.45, 7) is 1.61. The number of halogens is 2. The van der Waals surface area contributed by atoms with Gasteiger partial charge in [-0.1, -0.05) is 18.2 Å². The fraction of sp³-hybridized carbons (Fsp3) is 0.167. The van der Waals surface area contributed by atoms with E-state index in [9.17, 15) is 18.4 Å². The molecule has 0 unspecified atom stereocenters. The highest BCUT2D eigenvalue weighted by molar-refractivity contribution is 6.04. The van der Waals surface area contributed by atoms with Crippen LogP contribution < -0.4 is 10.2 Å². The third-order valence-corrected chi connectivity index (χ3v) is 5.12. The lowest BCUT2D eigenvalue weighted by atomic mass is 10.1. The number of amides is 3. The van der Waals surface area contributed by atoms with Gasteiger partial charge in [0.2, 0.25) is 0 Å². The highest BCUT2D eigenvalue weighted by atomic mass is 19.1. The SMILES string of the molecule is O=C(Nc1cccc(F)c1)c1ccc(N2CCCN(Cc3ccc(F)cc3)C2=O)cc1. The molecule has 0 radical (unpaired) electrons. The second kappa shape index (κ2) is 8.95. The molecule has 158 valence electrons. The first kappa shape index (κ1) is 20.5. The number of urea groups is 1. The number of nitrogens with one attached hydrogen (secondary N) is 1. The van der Waals surface area contributed by atoms with E-state index >= 15 is 0 Å². The summed E-state index contributed by atoms with van der Waals surface area (Å²) < 4.78 is 26.4. The van der Waals surface area contributed by atoms with Crippen molar-refractivity contribution in [2.45, 2.75) is 13.0 Å². The highest BCUT2D eigenvalue weighted by Crippen LogP contribution is 2.22. The van der Waals surface area contributed by atoms with Gasteiger partial charge >= 0.3 is 6.03 Å². The van der Waals surface area contributed by atoms with Crippen LogP contribution in [0.25, 0.3) is 0 Å². The molecule has 31 heavy (non-hydrogen) atoms. The molecule has 1 aliphatic rings. The van der Waals surface area contributed by atoms with E-state index in [-0.39, 0.29) is 17.8 Å². The Hall–Kier alpha value is -3.74. The Morgan fingerprint density at radius 3 is 2.35 bits per heavy atom. The smallest absolute Gasteiger partial charge is 0.322 e. The molecule has 0 spiro atoms. The van der Waals surface area contributed by atoms with Crippen molar-refractivity contribution in [1.29, 1.82) is 0 Å². The van der Waals surface area contributed by atoms with Crippen molar-refractivity contribution in [2.75, 3.05) is 23.3 Å². The van der Waals surface area contributed by atoms with Crippen molar-refractivity contribution in [3.8, 4) is 0 Å². The molecule has 1 aliphatic heterocycles. The fourth-order valence-corrected chi connectivity index (χ4v) is 3.54. The van der Waals surface area contributed by atoms with E-state index in [1.54, 1.807) is 52.3 Å². The molecule has 7 heteroatoms. The van der Waals surface area contributed by atoms with Crippen LogP contribution in [0.5, 0.6) is 0 Å². The predicted octanol–water partition coefficient (Wildman–Crippen LogP) is 5.05. The van der Waals surface area contributed by atoms with Gasteiger partial charge in [-0.15, -0.1) is 0 Å². The fourth-order valence-electron chi connectivity index (χ4n) is 3.54. The summed E-state index contributed by atoms with van der Waals surface area (Å²) in [5.74, 6) is -1.10. The Balaban J connectivity index is 1.43. The van der Waals surface area contributed by atoms with Gasteiger partial charge in [-0.25, -0.2) is 13.6 Å². The first-order chi connectivity index (χ1) is 15.0. The van der Waals surface area contributed by atoms with Crippen LogP contribution in [0, 0.1) is 11.6 Å². The molecule has 0 aromatic heterocycles. The minimum Gasteiger partial charge on any atom is -0.322 e. The second-order valence-electron chi connectivity index (χ2n) is 7.35. The zero-order valence-corrected chi connectivity index (χ0v) is 16.7. The van der Waals surface area contributed by atoms with Crippen LogP contribution in [0.3, 0.4) is 0 Å². The summed E-state index contributed by atoms with van der Waals surface area (Å²) in [6, 6.07) is 18.4. The number of hydrogen-bond acceptors (Lipinski definition) is 2. The lowest BCUT2D eigenvalue weighted by Crippen LogP contribution is -2.49. The van der Waals surface area contributed by atoms with Crippen LogP contribution in [0.1, 0.15) is 22.3 Å². The summed E-state index contributed by atoms with van der Waals surface area (Å²) in [5.41, 5.74) is 2.33. The Labute approximate surface area is 178 Å². The van der Waals surface area contributed by atoms with Crippen LogP contribution >= 0.6 is 0 Å². The van der Waals surface area contributed by atoms with Gasteiger partial charge < -0.3 is 10.2 Å². The number of anilines is 2. The van der Waals surface area contributed by atoms with E-state index < -0.39 is 5.82 Å². The Kier molecular flexibility index (Phi) is 5.93. The van der Waals surface area contributed by atoms with Crippen LogP contribution in [0.4, 0.5) is 25.0 Å². The standard InChI is InChI=1S/C24H21F2N3O2/c25-19-9-5-17(6-10-19)16-28-13-2-14-29(24(28)31)22-11-7-18(8-12-22)23(30)27-21-4-1-3-20(26)15-21/h1,3-12,15H,2,13-14,16H2,(H,27,30). The highest BCUT2D eigenvalue weighted by Gasteiger charge is 2.27. The van der Waals surface area contributed by atoms with Crippen LogP contribution in [-0.2, 0) is 6.54 Å². The van der Waals surface area contributed by atoms with Gasteiger partial charge in [-0.05, 0) is 66.6 Å². The summed E-state index contributed by atoms with van der Waals surface area (Å²) in [5, 5.41) is 2.65. The number of carbonyl (C=O) groups excluding carboxylic acids is 2. The maximum absolute atomic E-state index is 13.3. The zero-order chi connectivity index (χ0) is 21.8. The van der Waals surface area contributed by atoms with Crippen molar-refractivity contribution >= 4 is 23.3 Å². The minimum absolute atomic E-state index is 0.132. The topological polar surface area (TPSA) is 52.7 Å². The number of nitrogens with zero attached hydrogens (tertiary/aromatic N) is 2. The molecule has 3 amide bonds. The van der Waals surface area contributed by atoms with Crippen molar-refractivity contribution in [3.05, 3.63) is 95.6 Å². The van der Waals surface area contributed by atoms with E-state index in [0.29, 0.717) is 36.6 Å². The Bertz CT molecular complexity index is 1080. The molecule has 1 fully saturated rings. The van der Waals surface area contributed by atoms with Crippen molar-refractivity contribution < 1.29 is 18.4 Å². The van der Waals surface area contributed by atoms with Crippen molar-refractivity contribution in [2.24, 2.45) is 0 Å². The molecule has 5 nitrogen and oxygen atoms in total. The van der Waals surface area contributed by atoms with E-state index in [1.165, 1.54) is 30.3 Å². The zero-order valence-electron chi connectivity index (χ0n) is 16.7. The van der Waals surface area contributed by atoms with Crippen LogP contribution in [0.2, 0.25) is 0 Å². The number of rotatable bonds is 5. The van der Waals surface area contributed by atoms with E-state index in [2.05, 4.69) is 5.32 Å². The maximum Gasteiger partial charge on any atom is 0.324 e. The molecular weight excluding hydrogens is 400 g/mol. The number of benzene rings is 3. The molecule has 3 aromatic carbocycles. The van der Waals surface area contributed by atoms with Crippen LogP contribution in [-0.4, -0.2) is 29.9 Å².